The van der Waals surface area contributed by atoms with Crippen LogP contribution in [0.3, 0.4) is 0 Å². The van der Waals surface area contributed by atoms with E-state index in [1.165, 1.54) is 0 Å². The van der Waals surface area contributed by atoms with E-state index in [9.17, 15) is 0 Å². The first-order chi connectivity index (χ1) is 4.83. The van der Waals surface area contributed by atoms with Crippen LogP contribution in [0.25, 0.3) is 0 Å². The first kappa shape index (κ1) is 15.5. The minimum absolute atomic E-state index is 0.0394. The van der Waals surface area contributed by atoms with Gasteiger partial charge >= 0.3 is 0 Å². The first-order valence-corrected chi connectivity index (χ1v) is 5.38. The fraction of sp³-hybridized carbons (Fsp3) is 1.00. The van der Waals surface area contributed by atoms with Crippen molar-refractivity contribution in [2.45, 2.75) is 8.63 Å². The van der Waals surface area contributed by atoms with Crippen LogP contribution in [0.2, 0.25) is 0 Å². The molecule has 0 aliphatic rings. The molecule has 0 rings (SSSR count). The number of hydrogen-bond donors (Lipinski definition) is 0. The van der Waals surface area contributed by atoms with Crippen molar-refractivity contribution >= 4 is 81.2 Å². The smallest absolute Gasteiger partial charge is 0.124 e. The molecule has 0 nitrogen and oxygen atoms in total. The summed E-state index contributed by atoms with van der Waals surface area (Å²) in [6, 6.07) is 0. The predicted octanol–water partition coefficient (Wildman–Crippen LogP) is 4.62. The Bertz CT molecular complexity index is 75.0. The van der Waals surface area contributed by atoms with Crippen LogP contribution in [-0.4, -0.2) is 20.4 Å². The van der Waals surface area contributed by atoms with Crippen molar-refractivity contribution in [3.63, 3.8) is 0 Å². The highest BCUT2D eigenvalue weighted by molar-refractivity contribution is 6.69. The minimum Gasteiger partial charge on any atom is -0.124 e. The molecule has 0 aliphatic heterocycles. The molecule has 0 amide bonds. The average Bonchev–Trinajstić information content (AvgIpc) is 1.88. The van der Waals surface area contributed by atoms with Gasteiger partial charge in [-0.2, -0.15) is 0 Å². The molecule has 0 saturated heterocycles. The standard InChI is InChI=1S/C2H2Cl4.C2H3Cl3/c3-1-2(4,5)6;3-1-2(4)5/h1H2;2H,1H2. The zero-order valence-corrected chi connectivity index (χ0v) is 10.4. The quantitative estimate of drug-likeness (QED) is 0.620. The fourth-order valence-corrected chi connectivity index (χ4v) is 0. The van der Waals surface area contributed by atoms with Crippen LogP contribution >= 0.6 is 81.2 Å². The Kier molecular flexibility index (Phi) is 12.1. The molecule has 0 atom stereocenters. The summed E-state index contributed by atoms with van der Waals surface area (Å²) in [4.78, 5) is -0.406. The lowest BCUT2D eigenvalue weighted by atomic mass is 10.9. The summed E-state index contributed by atoms with van der Waals surface area (Å²) in [5.41, 5.74) is 0. The third kappa shape index (κ3) is 24.5. The molecule has 70 valence electrons. The van der Waals surface area contributed by atoms with Crippen molar-refractivity contribution in [2.75, 3.05) is 11.8 Å². The topological polar surface area (TPSA) is 0 Å². The molecule has 0 aromatic carbocycles. The maximum Gasteiger partial charge on any atom is 0.203 e. The Morgan fingerprint density at radius 2 is 1.18 bits per heavy atom. The van der Waals surface area contributed by atoms with Gasteiger partial charge in [-0.3, -0.25) is 0 Å². The molecule has 0 aromatic rings. The number of hydrogen-bond acceptors (Lipinski definition) is 0. The summed E-state index contributed by atoms with van der Waals surface area (Å²) < 4.78 is -1.28. The molecule has 0 saturated carbocycles. The van der Waals surface area contributed by atoms with E-state index < -0.39 is 8.63 Å². The molecule has 0 aliphatic carbocycles. The third-order valence-corrected chi connectivity index (χ3v) is 2.41. The zero-order chi connectivity index (χ0) is 9.49. The van der Waals surface area contributed by atoms with E-state index in [0.717, 1.165) is 0 Å². The van der Waals surface area contributed by atoms with Gasteiger partial charge in [0.1, 0.15) is 4.84 Å². The average molecular weight is 301 g/mol. The fourth-order valence-electron chi connectivity index (χ4n) is 0. The van der Waals surface area contributed by atoms with E-state index in [1.807, 2.05) is 0 Å². The van der Waals surface area contributed by atoms with Crippen LogP contribution in [0.4, 0.5) is 0 Å². The minimum atomic E-state index is -1.28. The van der Waals surface area contributed by atoms with Gasteiger partial charge in [0.25, 0.3) is 0 Å². The molecule has 0 radical (unpaired) electrons. The lowest BCUT2D eigenvalue weighted by Crippen LogP contribution is -2.01. The van der Waals surface area contributed by atoms with E-state index >= 15 is 0 Å². The van der Waals surface area contributed by atoms with Crippen molar-refractivity contribution in [1.82, 2.24) is 0 Å². The summed E-state index contributed by atoms with van der Waals surface area (Å²) in [5, 5.41) is 0. The van der Waals surface area contributed by atoms with Gasteiger partial charge < -0.3 is 0 Å². The maximum atomic E-state index is 5.12. The molecule has 7 heteroatoms. The second-order valence-electron chi connectivity index (χ2n) is 1.29. The van der Waals surface area contributed by atoms with Crippen molar-refractivity contribution in [2.24, 2.45) is 0 Å². The van der Waals surface area contributed by atoms with Crippen LogP contribution < -0.4 is 0 Å². The third-order valence-electron chi connectivity index (χ3n) is 0.268. The Morgan fingerprint density at radius 1 is 1.00 bits per heavy atom. The van der Waals surface area contributed by atoms with E-state index in [0.29, 0.717) is 5.88 Å². The van der Waals surface area contributed by atoms with Crippen LogP contribution in [0.15, 0.2) is 0 Å². The summed E-state index contributed by atoms with van der Waals surface area (Å²) in [7, 11) is 0. The molecule has 0 fully saturated rings. The molecule has 0 spiro atoms. The van der Waals surface area contributed by atoms with Gasteiger partial charge in [0.05, 0.1) is 11.8 Å². The second-order valence-corrected chi connectivity index (χ2v) is 5.66. The molecule has 0 heterocycles. The van der Waals surface area contributed by atoms with Gasteiger partial charge in [0.15, 0.2) is 0 Å². The van der Waals surface area contributed by atoms with Crippen LogP contribution in [0.1, 0.15) is 0 Å². The summed E-state index contributed by atoms with van der Waals surface area (Å²) in [6.45, 7) is 0. The first-order valence-electron chi connectivity index (χ1n) is 2.30. The number of alkyl halides is 7. The Labute approximate surface area is 101 Å². The normalized spacial score (nSPS) is 10.9. The van der Waals surface area contributed by atoms with Crippen LogP contribution in [-0.2, 0) is 0 Å². The van der Waals surface area contributed by atoms with E-state index in [4.69, 9.17) is 81.2 Å². The van der Waals surface area contributed by atoms with Gasteiger partial charge in [-0.15, -0.1) is 46.4 Å². The highest BCUT2D eigenvalue weighted by Gasteiger charge is 2.16. The lowest BCUT2D eigenvalue weighted by molar-refractivity contribution is 1.28. The number of halogens is 7. The van der Waals surface area contributed by atoms with E-state index in [-0.39, 0.29) is 5.88 Å². The maximum absolute atomic E-state index is 5.12. The largest absolute Gasteiger partial charge is 0.203 e. The lowest BCUT2D eigenvalue weighted by Gasteiger charge is -2.00. The van der Waals surface area contributed by atoms with E-state index in [2.05, 4.69) is 0 Å². The van der Waals surface area contributed by atoms with Gasteiger partial charge in [-0.1, -0.05) is 34.8 Å². The van der Waals surface area contributed by atoms with Gasteiger partial charge in [-0.05, 0) is 0 Å². The molecule has 0 bridgehead atoms. The highest BCUT2D eigenvalue weighted by atomic mass is 35.6. The molecule has 0 unspecified atom stereocenters. The summed E-state index contributed by atoms with van der Waals surface area (Å²) >= 11 is 35.7. The van der Waals surface area contributed by atoms with Crippen LogP contribution in [0, 0.1) is 0 Å². The predicted molar refractivity (Wildman–Crippen MR) is 57.2 cm³/mol. The SMILES string of the molecule is ClCC(Cl)(Cl)Cl.ClCC(Cl)Cl. The van der Waals surface area contributed by atoms with Crippen LogP contribution in [0.5, 0.6) is 0 Å². The molecular formula is C4H5Cl7. The monoisotopic (exact) mass is 298 g/mol. The molecule has 0 aromatic heterocycles. The molecular weight excluding hydrogens is 296 g/mol. The van der Waals surface area contributed by atoms with Crippen molar-refractivity contribution < 1.29 is 0 Å². The van der Waals surface area contributed by atoms with E-state index in [1.54, 1.807) is 0 Å². The highest BCUT2D eigenvalue weighted by Crippen LogP contribution is 2.26. The Morgan fingerprint density at radius 3 is 1.18 bits per heavy atom. The Hall–Kier alpha value is 2.03. The summed E-state index contributed by atoms with van der Waals surface area (Å²) in [5.74, 6) is 0.348. The number of rotatable bonds is 1. The molecule has 0 N–H and O–H groups in total. The van der Waals surface area contributed by atoms with Gasteiger partial charge in [0, 0.05) is 0 Å². The van der Waals surface area contributed by atoms with Gasteiger partial charge in [-0.25, -0.2) is 0 Å². The summed E-state index contributed by atoms with van der Waals surface area (Å²) in [6.07, 6.45) is 0. The van der Waals surface area contributed by atoms with Crippen molar-refractivity contribution in [3.05, 3.63) is 0 Å². The van der Waals surface area contributed by atoms with Crippen molar-refractivity contribution in [1.29, 1.82) is 0 Å². The van der Waals surface area contributed by atoms with Crippen molar-refractivity contribution in [3.8, 4) is 0 Å². The zero-order valence-electron chi connectivity index (χ0n) is 5.14. The Balaban J connectivity index is 0. The second kappa shape index (κ2) is 8.62. The molecule has 11 heavy (non-hydrogen) atoms. The van der Waals surface area contributed by atoms with Gasteiger partial charge in [0.2, 0.25) is 3.79 Å².